The molecule has 0 bridgehead atoms. The van der Waals surface area contributed by atoms with Gasteiger partial charge in [0.15, 0.2) is 4.32 Å². The van der Waals surface area contributed by atoms with E-state index in [1.54, 1.807) is 24.3 Å². The number of benzene rings is 3. The SMILES string of the molecule is COc1ccc(N2C(=O)/C(=C\c3cc(Br)ccc3OCc3ccc(Cl)cc3)SC2=S)cc1Cl. The van der Waals surface area contributed by atoms with Crippen LogP contribution in [0.25, 0.3) is 6.08 Å². The lowest BCUT2D eigenvalue weighted by atomic mass is 10.1. The maximum Gasteiger partial charge on any atom is 0.270 e. The van der Waals surface area contributed by atoms with Gasteiger partial charge in [-0.25, -0.2) is 0 Å². The van der Waals surface area contributed by atoms with Gasteiger partial charge >= 0.3 is 0 Å². The first-order valence-electron chi connectivity index (χ1n) is 9.64. The molecule has 1 saturated heterocycles. The maximum absolute atomic E-state index is 13.2. The molecule has 1 amide bonds. The Balaban J connectivity index is 1.60. The Labute approximate surface area is 219 Å². The Morgan fingerprint density at radius 2 is 1.79 bits per heavy atom. The van der Waals surface area contributed by atoms with E-state index in [1.807, 2.05) is 42.5 Å². The summed E-state index contributed by atoms with van der Waals surface area (Å²) in [7, 11) is 1.54. The highest BCUT2D eigenvalue weighted by Crippen LogP contribution is 2.39. The van der Waals surface area contributed by atoms with Gasteiger partial charge in [-0.2, -0.15) is 0 Å². The van der Waals surface area contributed by atoms with Gasteiger partial charge in [0.25, 0.3) is 5.91 Å². The normalized spacial score (nSPS) is 14.8. The molecule has 0 aliphatic carbocycles. The predicted octanol–water partition coefficient (Wildman–Crippen LogP) is 7.75. The van der Waals surface area contributed by atoms with Crippen molar-refractivity contribution >= 4 is 85.1 Å². The number of anilines is 1. The van der Waals surface area contributed by atoms with Crippen molar-refractivity contribution < 1.29 is 14.3 Å². The van der Waals surface area contributed by atoms with Crippen LogP contribution in [0.1, 0.15) is 11.1 Å². The van der Waals surface area contributed by atoms with Crippen LogP contribution < -0.4 is 14.4 Å². The molecule has 33 heavy (non-hydrogen) atoms. The van der Waals surface area contributed by atoms with Crippen LogP contribution in [0.4, 0.5) is 5.69 Å². The van der Waals surface area contributed by atoms with Crippen molar-refractivity contribution in [3.63, 3.8) is 0 Å². The molecule has 3 aromatic carbocycles. The van der Waals surface area contributed by atoms with E-state index in [9.17, 15) is 4.79 Å². The van der Waals surface area contributed by atoms with E-state index in [1.165, 1.54) is 23.8 Å². The molecule has 1 aliphatic rings. The number of nitrogens with zero attached hydrogens (tertiary/aromatic N) is 1. The highest BCUT2D eigenvalue weighted by Gasteiger charge is 2.34. The monoisotopic (exact) mass is 579 g/mol. The lowest BCUT2D eigenvalue weighted by molar-refractivity contribution is -0.113. The van der Waals surface area contributed by atoms with Gasteiger partial charge in [0.05, 0.1) is 22.7 Å². The molecule has 9 heteroatoms. The van der Waals surface area contributed by atoms with Gasteiger partial charge in [-0.15, -0.1) is 0 Å². The van der Waals surface area contributed by atoms with Crippen molar-refractivity contribution in [2.24, 2.45) is 0 Å². The van der Waals surface area contributed by atoms with Crippen LogP contribution >= 0.6 is 63.1 Å². The number of methoxy groups -OCH3 is 1. The number of carbonyl (C=O) groups is 1. The van der Waals surface area contributed by atoms with Crippen molar-refractivity contribution in [2.75, 3.05) is 12.0 Å². The molecule has 0 atom stereocenters. The highest BCUT2D eigenvalue weighted by molar-refractivity contribution is 9.10. The van der Waals surface area contributed by atoms with E-state index in [0.717, 1.165) is 15.6 Å². The zero-order valence-corrected chi connectivity index (χ0v) is 21.9. The Morgan fingerprint density at radius 1 is 1.06 bits per heavy atom. The van der Waals surface area contributed by atoms with Crippen LogP contribution in [0.2, 0.25) is 10.0 Å². The minimum absolute atomic E-state index is 0.227. The van der Waals surface area contributed by atoms with Crippen molar-refractivity contribution in [3.8, 4) is 11.5 Å². The van der Waals surface area contributed by atoms with Crippen LogP contribution in [0, 0.1) is 0 Å². The second kappa shape index (κ2) is 10.5. The van der Waals surface area contributed by atoms with Gasteiger partial charge in [-0.1, -0.05) is 75.2 Å². The van der Waals surface area contributed by atoms with Gasteiger partial charge in [-0.3, -0.25) is 9.69 Å². The number of thioether (sulfide) groups is 1. The number of carbonyl (C=O) groups excluding carboxylic acids is 1. The van der Waals surface area contributed by atoms with Gasteiger partial charge in [0.1, 0.15) is 18.1 Å². The fourth-order valence-corrected chi connectivity index (χ4v) is 5.18. The summed E-state index contributed by atoms with van der Waals surface area (Å²) in [5.41, 5.74) is 2.32. The number of ether oxygens (including phenoxy) is 2. The molecular weight excluding hydrogens is 565 g/mol. The predicted molar refractivity (Wildman–Crippen MR) is 144 cm³/mol. The number of thiocarbonyl (C=S) groups is 1. The van der Waals surface area contributed by atoms with E-state index in [-0.39, 0.29) is 5.91 Å². The summed E-state index contributed by atoms with van der Waals surface area (Å²) >= 11 is 22.4. The first-order chi connectivity index (χ1) is 15.9. The van der Waals surface area contributed by atoms with E-state index in [0.29, 0.717) is 43.1 Å². The van der Waals surface area contributed by atoms with E-state index < -0.39 is 0 Å². The molecule has 0 unspecified atom stereocenters. The number of hydrogen-bond acceptors (Lipinski definition) is 5. The summed E-state index contributed by atoms with van der Waals surface area (Å²) in [6.45, 7) is 0.366. The fourth-order valence-electron chi connectivity index (χ4n) is 3.13. The molecule has 0 aromatic heterocycles. The van der Waals surface area contributed by atoms with Crippen molar-refractivity contribution in [2.45, 2.75) is 6.61 Å². The molecule has 0 spiro atoms. The average molecular weight is 581 g/mol. The van der Waals surface area contributed by atoms with Crippen molar-refractivity contribution in [1.29, 1.82) is 0 Å². The maximum atomic E-state index is 13.2. The van der Waals surface area contributed by atoms with Crippen LogP contribution in [0.5, 0.6) is 11.5 Å². The summed E-state index contributed by atoms with van der Waals surface area (Å²) in [6.07, 6.45) is 1.78. The number of halogens is 3. The smallest absolute Gasteiger partial charge is 0.270 e. The molecule has 1 heterocycles. The van der Waals surface area contributed by atoms with Gasteiger partial charge in [0.2, 0.25) is 0 Å². The largest absolute Gasteiger partial charge is 0.495 e. The number of hydrogen-bond donors (Lipinski definition) is 0. The third kappa shape index (κ3) is 5.55. The topological polar surface area (TPSA) is 38.8 Å². The first kappa shape index (κ1) is 24.1. The minimum Gasteiger partial charge on any atom is -0.495 e. The third-order valence-corrected chi connectivity index (χ3v) is 7.10. The van der Waals surface area contributed by atoms with Crippen molar-refractivity contribution in [3.05, 3.63) is 91.2 Å². The summed E-state index contributed by atoms with van der Waals surface area (Å²) in [5, 5.41) is 1.07. The second-order valence-corrected chi connectivity index (χ2v) is 10.4. The highest BCUT2D eigenvalue weighted by atomic mass is 79.9. The molecule has 0 saturated carbocycles. The lowest BCUT2D eigenvalue weighted by Crippen LogP contribution is -2.27. The summed E-state index contributed by atoms with van der Waals surface area (Å²) in [4.78, 5) is 15.2. The minimum atomic E-state index is -0.227. The van der Waals surface area contributed by atoms with Crippen LogP contribution in [0.15, 0.2) is 70.0 Å². The molecule has 0 N–H and O–H groups in total. The Morgan fingerprint density at radius 3 is 2.48 bits per heavy atom. The number of rotatable bonds is 6. The standard InChI is InChI=1S/C24H16BrCl2NO3S2/c1-30-21-9-7-18(12-19(21)27)28-23(29)22(33-24(28)32)11-15-10-16(25)4-8-20(15)31-13-14-2-5-17(26)6-3-14/h2-12H,13H2,1H3/b22-11+. The fraction of sp³-hybridized carbons (Fsp3) is 0.0833. The number of amides is 1. The van der Waals surface area contributed by atoms with Crippen molar-refractivity contribution in [1.82, 2.24) is 0 Å². The van der Waals surface area contributed by atoms with Gasteiger partial charge in [-0.05, 0) is 60.2 Å². The zero-order chi connectivity index (χ0) is 23.5. The summed E-state index contributed by atoms with van der Waals surface area (Å²) in [6, 6.07) is 18.2. The Kier molecular flexibility index (Phi) is 7.66. The van der Waals surface area contributed by atoms with E-state index in [2.05, 4.69) is 15.9 Å². The molecule has 0 radical (unpaired) electrons. The average Bonchev–Trinajstić information content (AvgIpc) is 3.07. The second-order valence-electron chi connectivity index (χ2n) is 6.93. The molecule has 3 aromatic rings. The first-order valence-corrected chi connectivity index (χ1v) is 12.4. The molecule has 4 nitrogen and oxygen atoms in total. The molecule has 1 aliphatic heterocycles. The van der Waals surface area contributed by atoms with E-state index in [4.69, 9.17) is 44.9 Å². The van der Waals surface area contributed by atoms with Crippen LogP contribution in [-0.2, 0) is 11.4 Å². The molecular formula is C24H16BrCl2NO3S2. The summed E-state index contributed by atoms with van der Waals surface area (Å²) in [5.74, 6) is 0.943. The zero-order valence-electron chi connectivity index (χ0n) is 17.2. The lowest BCUT2D eigenvalue weighted by Gasteiger charge is -2.15. The molecule has 4 rings (SSSR count). The molecule has 1 fully saturated rings. The molecule has 168 valence electrons. The quantitative estimate of drug-likeness (QED) is 0.220. The van der Waals surface area contributed by atoms with Crippen LogP contribution in [0.3, 0.4) is 0 Å². The van der Waals surface area contributed by atoms with Gasteiger partial charge in [0, 0.05) is 15.1 Å². The van der Waals surface area contributed by atoms with Gasteiger partial charge < -0.3 is 9.47 Å². The summed E-state index contributed by atoms with van der Waals surface area (Å²) < 4.78 is 12.5. The Bertz CT molecular complexity index is 1270. The van der Waals surface area contributed by atoms with E-state index >= 15 is 0 Å². The Hall–Kier alpha value is -2.03. The third-order valence-electron chi connectivity index (χ3n) is 4.75. The van der Waals surface area contributed by atoms with Crippen LogP contribution in [-0.4, -0.2) is 17.3 Å².